The zero-order valence-corrected chi connectivity index (χ0v) is 15.9. The van der Waals surface area contributed by atoms with Crippen LogP contribution < -0.4 is 4.90 Å². The molecule has 1 saturated carbocycles. The molecule has 7 heteroatoms. The smallest absolute Gasteiger partial charge is 0.244 e. The maximum absolute atomic E-state index is 13.0. The maximum Gasteiger partial charge on any atom is 0.244 e. The lowest BCUT2D eigenvalue weighted by molar-refractivity contribution is -0.119. The minimum absolute atomic E-state index is 0.141. The Hall–Kier alpha value is -0.920. The van der Waals surface area contributed by atoms with E-state index < -0.39 is 10.0 Å². The molecule has 1 amide bonds. The van der Waals surface area contributed by atoms with Crippen LogP contribution in [0.25, 0.3) is 0 Å². The summed E-state index contributed by atoms with van der Waals surface area (Å²) in [4.78, 5) is 14.5. The number of hydrogen-bond acceptors (Lipinski definition) is 3. The topological polar surface area (TPSA) is 57.7 Å². The van der Waals surface area contributed by atoms with Crippen LogP contribution in [0.5, 0.6) is 0 Å². The van der Waals surface area contributed by atoms with E-state index in [2.05, 4.69) is 15.9 Å². The average molecular weight is 413 g/mol. The van der Waals surface area contributed by atoms with Crippen molar-refractivity contribution < 1.29 is 13.2 Å². The molecule has 2 fully saturated rings. The molecule has 1 aromatic carbocycles. The van der Waals surface area contributed by atoms with Gasteiger partial charge in [0.15, 0.2) is 0 Å². The summed E-state index contributed by atoms with van der Waals surface area (Å²) < 4.78 is 28.2. The van der Waals surface area contributed by atoms with E-state index in [1.54, 1.807) is 15.3 Å². The van der Waals surface area contributed by atoms with Crippen LogP contribution in [0.15, 0.2) is 21.5 Å². The number of rotatable bonds is 3. The standard InChI is InChI=1S/C17H21BrN2O3S/c18-14-10-13-6-9-20(17(21)12-4-5-12)15(13)11-16(14)24(22,23)19-7-2-1-3-8-19/h10-12H,1-9H2. The lowest BCUT2D eigenvalue weighted by Crippen LogP contribution is -2.36. The predicted octanol–water partition coefficient (Wildman–Crippen LogP) is 2.92. The third kappa shape index (κ3) is 2.80. The number of sulfonamides is 1. The fourth-order valence-corrected chi connectivity index (χ4v) is 6.20. The highest BCUT2D eigenvalue weighted by Gasteiger charge is 2.38. The molecule has 0 spiro atoms. The Bertz CT molecular complexity index is 783. The number of benzene rings is 1. The molecule has 2 heterocycles. The van der Waals surface area contributed by atoms with Crippen molar-refractivity contribution in [3.8, 4) is 0 Å². The van der Waals surface area contributed by atoms with Crippen molar-refractivity contribution >= 4 is 37.5 Å². The molecule has 0 atom stereocenters. The Morgan fingerprint density at radius 3 is 2.46 bits per heavy atom. The number of nitrogens with zero attached hydrogens (tertiary/aromatic N) is 2. The number of anilines is 1. The minimum atomic E-state index is -3.52. The zero-order chi connectivity index (χ0) is 16.9. The quantitative estimate of drug-likeness (QED) is 0.766. The van der Waals surface area contributed by atoms with Gasteiger partial charge in [0.05, 0.1) is 4.90 Å². The lowest BCUT2D eigenvalue weighted by Gasteiger charge is -2.27. The van der Waals surface area contributed by atoms with Crippen LogP contribution in [0.4, 0.5) is 5.69 Å². The van der Waals surface area contributed by atoms with Gasteiger partial charge in [0, 0.05) is 35.7 Å². The maximum atomic E-state index is 13.0. The summed E-state index contributed by atoms with van der Waals surface area (Å²) in [6.45, 7) is 1.82. The zero-order valence-electron chi connectivity index (χ0n) is 13.5. The molecule has 24 heavy (non-hydrogen) atoms. The van der Waals surface area contributed by atoms with Gasteiger partial charge in [0.25, 0.3) is 0 Å². The van der Waals surface area contributed by atoms with Crippen molar-refractivity contribution in [2.24, 2.45) is 5.92 Å². The molecule has 0 N–H and O–H groups in total. The van der Waals surface area contributed by atoms with Gasteiger partial charge in [-0.3, -0.25) is 4.79 Å². The van der Waals surface area contributed by atoms with Crippen molar-refractivity contribution in [3.63, 3.8) is 0 Å². The molecule has 4 rings (SSSR count). The van der Waals surface area contributed by atoms with E-state index in [1.165, 1.54) is 0 Å². The third-order valence-corrected chi connectivity index (χ3v) is 8.01. The molecule has 2 aliphatic heterocycles. The number of hydrogen-bond donors (Lipinski definition) is 0. The molecule has 1 saturated heterocycles. The van der Waals surface area contributed by atoms with Gasteiger partial charge in [-0.05, 0) is 65.7 Å². The summed E-state index contributed by atoms with van der Waals surface area (Å²) in [5.41, 5.74) is 1.83. The first-order valence-corrected chi connectivity index (χ1v) is 10.9. The number of carbonyl (C=O) groups is 1. The highest BCUT2D eigenvalue weighted by Crippen LogP contribution is 2.40. The van der Waals surface area contributed by atoms with Crippen LogP contribution in [0.1, 0.15) is 37.7 Å². The van der Waals surface area contributed by atoms with Gasteiger partial charge in [0.2, 0.25) is 15.9 Å². The summed E-state index contributed by atoms with van der Waals surface area (Å²) in [5.74, 6) is 0.291. The second kappa shape index (κ2) is 6.11. The van der Waals surface area contributed by atoms with E-state index in [1.807, 2.05) is 6.07 Å². The van der Waals surface area contributed by atoms with E-state index in [0.29, 0.717) is 29.0 Å². The largest absolute Gasteiger partial charge is 0.312 e. The Morgan fingerprint density at radius 1 is 1.08 bits per heavy atom. The summed E-state index contributed by atoms with van der Waals surface area (Å²) in [5, 5.41) is 0. The van der Waals surface area contributed by atoms with Crippen LogP contribution >= 0.6 is 15.9 Å². The molecular formula is C17H21BrN2O3S. The van der Waals surface area contributed by atoms with Gasteiger partial charge in [-0.2, -0.15) is 4.31 Å². The molecule has 1 aliphatic carbocycles. The first-order valence-electron chi connectivity index (χ1n) is 8.62. The second-order valence-corrected chi connectivity index (χ2v) is 9.65. The van der Waals surface area contributed by atoms with Crippen molar-refractivity contribution in [3.05, 3.63) is 22.2 Å². The fraction of sp³-hybridized carbons (Fsp3) is 0.588. The van der Waals surface area contributed by atoms with E-state index in [4.69, 9.17) is 0 Å². The molecular weight excluding hydrogens is 392 g/mol. The second-order valence-electron chi connectivity index (χ2n) is 6.89. The monoisotopic (exact) mass is 412 g/mol. The Labute approximate surface area is 151 Å². The van der Waals surface area contributed by atoms with E-state index >= 15 is 0 Å². The molecule has 1 aromatic rings. The first-order chi connectivity index (χ1) is 11.5. The molecule has 5 nitrogen and oxygen atoms in total. The van der Waals surface area contributed by atoms with Crippen molar-refractivity contribution in [1.29, 1.82) is 0 Å². The van der Waals surface area contributed by atoms with Crippen LogP contribution in [0.2, 0.25) is 0 Å². The number of amides is 1. The van der Waals surface area contributed by atoms with Crippen molar-refractivity contribution in [2.45, 2.75) is 43.4 Å². The van der Waals surface area contributed by atoms with Gasteiger partial charge < -0.3 is 4.90 Å². The Kier molecular flexibility index (Phi) is 4.21. The van der Waals surface area contributed by atoms with Crippen LogP contribution in [0.3, 0.4) is 0 Å². The third-order valence-electron chi connectivity index (χ3n) is 5.15. The summed E-state index contributed by atoms with van der Waals surface area (Å²) in [6.07, 6.45) is 5.61. The summed E-state index contributed by atoms with van der Waals surface area (Å²) in [7, 11) is -3.52. The first kappa shape index (κ1) is 16.5. The number of piperidine rings is 1. The molecule has 0 aromatic heterocycles. The van der Waals surface area contributed by atoms with Crippen molar-refractivity contribution in [2.75, 3.05) is 24.5 Å². The molecule has 3 aliphatic rings. The number of fused-ring (bicyclic) bond motifs is 1. The Morgan fingerprint density at radius 2 is 1.79 bits per heavy atom. The van der Waals surface area contributed by atoms with E-state index in [0.717, 1.165) is 49.8 Å². The van der Waals surface area contributed by atoms with Crippen LogP contribution in [0, 0.1) is 5.92 Å². The van der Waals surface area contributed by atoms with Gasteiger partial charge >= 0.3 is 0 Å². The van der Waals surface area contributed by atoms with Gasteiger partial charge in [0.1, 0.15) is 0 Å². The van der Waals surface area contributed by atoms with E-state index in [9.17, 15) is 13.2 Å². The predicted molar refractivity (Wildman–Crippen MR) is 95.5 cm³/mol. The van der Waals surface area contributed by atoms with Gasteiger partial charge in [-0.25, -0.2) is 8.42 Å². The van der Waals surface area contributed by atoms with Crippen LogP contribution in [-0.2, 0) is 21.2 Å². The number of carbonyl (C=O) groups excluding carboxylic acids is 1. The summed E-state index contributed by atoms with van der Waals surface area (Å²) >= 11 is 3.44. The highest BCUT2D eigenvalue weighted by atomic mass is 79.9. The molecule has 0 radical (unpaired) electrons. The van der Waals surface area contributed by atoms with Gasteiger partial charge in [-0.1, -0.05) is 6.42 Å². The molecule has 130 valence electrons. The fourth-order valence-electron chi connectivity index (χ4n) is 3.61. The molecule has 0 bridgehead atoms. The van der Waals surface area contributed by atoms with Crippen molar-refractivity contribution in [1.82, 2.24) is 4.31 Å². The van der Waals surface area contributed by atoms with Gasteiger partial charge in [-0.15, -0.1) is 0 Å². The van der Waals surface area contributed by atoms with Crippen LogP contribution in [-0.4, -0.2) is 38.3 Å². The van der Waals surface area contributed by atoms with E-state index in [-0.39, 0.29) is 11.8 Å². The minimum Gasteiger partial charge on any atom is -0.312 e. The highest BCUT2D eigenvalue weighted by molar-refractivity contribution is 9.10. The lowest BCUT2D eigenvalue weighted by atomic mass is 10.2. The summed E-state index contributed by atoms with van der Waals surface area (Å²) in [6, 6.07) is 3.59. The SMILES string of the molecule is O=C(C1CC1)N1CCc2cc(Br)c(S(=O)(=O)N3CCCCC3)cc21. The molecule has 0 unspecified atom stereocenters. The normalized spacial score (nSPS) is 21.8. The Balaban J connectivity index is 1.72. The number of halogens is 1. The average Bonchev–Trinajstić information content (AvgIpc) is 3.35.